The summed E-state index contributed by atoms with van der Waals surface area (Å²) in [5.41, 5.74) is -0.0508. The standard InChI is InChI=1S/C18H13F3IN3O/c1-11-5-6-12(9-13(11)22)17(26)24-14-3-2-4-15(16(14)18(19,20)21)25-8-7-23-10-25/h2-10H,1H3,(H,24,26). The predicted octanol–water partition coefficient (Wildman–Crippen LogP) is 5.06. The fourth-order valence-corrected chi connectivity index (χ4v) is 3.00. The molecule has 2 aromatic carbocycles. The van der Waals surface area contributed by atoms with E-state index in [4.69, 9.17) is 0 Å². The molecule has 0 saturated carbocycles. The zero-order valence-corrected chi connectivity index (χ0v) is 15.7. The summed E-state index contributed by atoms with van der Waals surface area (Å²) >= 11 is 2.08. The number of aromatic nitrogens is 2. The van der Waals surface area contributed by atoms with Gasteiger partial charge in [-0.1, -0.05) is 12.1 Å². The topological polar surface area (TPSA) is 46.9 Å². The third-order valence-electron chi connectivity index (χ3n) is 3.79. The quantitative estimate of drug-likeness (QED) is 0.544. The first-order chi connectivity index (χ1) is 12.3. The predicted molar refractivity (Wildman–Crippen MR) is 100 cm³/mol. The molecule has 4 nitrogen and oxygen atoms in total. The minimum Gasteiger partial charge on any atom is -0.321 e. The van der Waals surface area contributed by atoms with E-state index in [1.165, 1.54) is 41.5 Å². The van der Waals surface area contributed by atoms with Crippen LogP contribution in [0.3, 0.4) is 0 Å². The minimum atomic E-state index is -4.65. The van der Waals surface area contributed by atoms with Crippen molar-refractivity contribution in [2.24, 2.45) is 0 Å². The zero-order valence-electron chi connectivity index (χ0n) is 13.5. The summed E-state index contributed by atoms with van der Waals surface area (Å²) in [6, 6.07) is 9.00. The first kappa shape index (κ1) is 18.4. The molecule has 0 radical (unpaired) electrons. The second-order valence-electron chi connectivity index (χ2n) is 5.59. The Labute approximate surface area is 161 Å². The molecule has 0 atom stereocenters. The summed E-state index contributed by atoms with van der Waals surface area (Å²) in [5, 5.41) is 2.39. The van der Waals surface area contributed by atoms with Crippen molar-refractivity contribution in [3.63, 3.8) is 0 Å². The fourth-order valence-electron chi connectivity index (χ4n) is 2.49. The van der Waals surface area contributed by atoms with E-state index in [1.54, 1.807) is 18.2 Å². The van der Waals surface area contributed by atoms with Crippen LogP contribution < -0.4 is 5.32 Å². The number of carbonyl (C=O) groups excluding carboxylic acids is 1. The molecule has 1 heterocycles. The number of nitrogens with zero attached hydrogens (tertiary/aromatic N) is 2. The van der Waals surface area contributed by atoms with Crippen LogP contribution in [0.2, 0.25) is 0 Å². The number of hydrogen-bond donors (Lipinski definition) is 1. The second-order valence-corrected chi connectivity index (χ2v) is 6.75. The van der Waals surface area contributed by atoms with Gasteiger partial charge in [0.05, 0.1) is 17.7 Å². The van der Waals surface area contributed by atoms with Crippen molar-refractivity contribution in [1.82, 2.24) is 9.55 Å². The number of aryl methyl sites for hydroxylation is 1. The molecule has 1 N–H and O–H groups in total. The third kappa shape index (κ3) is 3.74. The molecule has 0 fully saturated rings. The number of hydrogen-bond acceptors (Lipinski definition) is 2. The van der Waals surface area contributed by atoms with Crippen LogP contribution in [-0.2, 0) is 6.18 Å². The van der Waals surface area contributed by atoms with Crippen molar-refractivity contribution in [3.8, 4) is 5.69 Å². The third-order valence-corrected chi connectivity index (χ3v) is 4.95. The van der Waals surface area contributed by atoms with Crippen molar-refractivity contribution in [3.05, 3.63) is 75.4 Å². The number of nitrogens with one attached hydrogen (secondary N) is 1. The molecule has 0 spiro atoms. The van der Waals surface area contributed by atoms with Crippen LogP contribution >= 0.6 is 22.6 Å². The van der Waals surface area contributed by atoms with Gasteiger partial charge in [-0.25, -0.2) is 4.98 Å². The molecular weight excluding hydrogens is 458 g/mol. The van der Waals surface area contributed by atoms with Gasteiger partial charge in [-0.05, 0) is 59.3 Å². The summed E-state index contributed by atoms with van der Waals surface area (Å²) < 4.78 is 43.2. The summed E-state index contributed by atoms with van der Waals surface area (Å²) in [4.78, 5) is 16.2. The molecule has 0 unspecified atom stereocenters. The van der Waals surface area contributed by atoms with E-state index in [0.29, 0.717) is 5.56 Å². The number of amides is 1. The smallest absolute Gasteiger partial charge is 0.321 e. The Morgan fingerprint density at radius 2 is 2.00 bits per heavy atom. The maximum atomic E-state index is 13.7. The van der Waals surface area contributed by atoms with Crippen molar-refractivity contribution in [2.45, 2.75) is 13.1 Å². The number of benzene rings is 2. The fraction of sp³-hybridized carbons (Fsp3) is 0.111. The van der Waals surface area contributed by atoms with Gasteiger partial charge in [0.2, 0.25) is 0 Å². The summed E-state index contributed by atoms with van der Waals surface area (Å²) in [5.74, 6) is -0.601. The van der Waals surface area contributed by atoms with Crippen LogP contribution in [0.15, 0.2) is 55.1 Å². The molecule has 0 saturated heterocycles. The molecule has 3 rings (SSSR count). The number of anilines is 1. The Kier molecular flexibility index (Phi) is 5.03. The highest BCUT2D eigenvalue weighted by Gasteiger charge is 2.37. The Morgan fingerprint density at radius 3 is 2.62 bits per heavy atom. The van der Waals surface area contributed by atoms with Crippen LogP contribution in [0.25, 0.3) is 5.69 Å². The van der Waals surface area contributed by atoms with Crippen LogP contribution in [0.5, 0.6) is 0 Å². The summed E-state index contributed by atoms with van der Waals surface area (Å²) in [7, 11) is 0. The van der Waals surface area contributed by atoms with Crippen LogP contribution in [0, 0.1) is 10.5 Å². The van der Waals surface area contributed by atoms with E-state index in [2.05, 4.69) is 32.9 Å². The maximum absolute atomic E-state index is 13.7. The van der Waals surface area contributed by atoms with Gasteiger partial charge in [0.25, 0.3) is 5.91 Å². The second kappa shape index (κ2) is 7.10. The van der Waals surface area contributed by atoms with Gasteiger partial charge in [0, 0.05) is 21.5 Å². The minimum absolute atomic E-state index is 0.105. The van der Waals surface area contributed by atoms with E-state index in [9.17, 15) is 18.0 Å². The molecular formula is C18H13F3IN3O. The number of alkyl halides is 3. The number of imidazole rings is 1. The van der Waals surface area contributed by atoms with Gasteiger partial charge in [-0.3, -0.25) is 4.79 Å². The molecule has 134 valence electrons. The van der Waals surface area contributed by atoms with Crippen molar-refractivity contribution < 1.29 is 18.0 Å². The first-order valence-electron chi connectivity index (χ1n) is 7.53. The Bertz CT molecular complexity index is 953. The van der Waals surface area contributed by atoms with E-state index in [0.717, 1.165) is 9.13 Å². The molecule has 1 aromatic heterocycles. The van der Waals surface area contributed by atoms with Gasteiger partial charge >= 0.3 is 6.18 Å². The molecule has 26 heavy (non-hydrogen) atoms. The summed E-state index contributed by atoms with van der Waals surface area (Å²) in [6.45, 7) is 1.89. The summed E-state index contributed by atoms with van der Waals surface area (Å²) in [6.07, 6.45) is -0.568. The highest BCUT2D eigenvalue weighted by Crippen LogP contribution is 2.39. The zero-order chi connectivity index (χ0) is 18.9. The molecule has 0 aliphatic carbocycles. The Hall–Kier alpha value is -2.36. The molecule has 0 aliphatic heterocycles. The first-order valence-corrected chi connectivity index (χ1v) is 8.61. The Morgan fingerprint density at radius 1 is 1.23 bits per heavy atom. The lowest BCUT2D eigenvalue weighted by atomic mass is 10.1. The SMILES string of the molecule is Cc1ccc(C(=O)Nc2cccc(-n3ccnc3)c2C(F)(F)F)cc1I. The molecule has 1 amide bonds. The van der Waals surface area contributed by atoms with Gasteiger partial charge in [-0.15, -0.1) is 0 Å². The lowest BCUT2D eigenvalue weighted by molar-refractivity contribution is -0.136. The van der Waals surface area contributed by atoms with Crippen LogP contribution in [-0.4, -0.2) is 15.5 Å². The lowest BCUT2D eigenvalue weighted by Crippen LogP contribution is -2.19. The lowest BCUT2D eigenvalue weighted by Gasteiger charge is -2.18. The highest BCUT2D eigenvalue weighted by atomic mass is 127. The van der Waals surface area contributed by atoms with Crippen LogP contribution in [0.1, 0.15) is 21.5 Å². The molecule has 0 bridgehead atoms. The monoisotopic (exact) mass is 471 g/mol. The van der Waals surface area contributed by atoms with Gasteiger partial charge in [0.15, 0.2) is 0 Å². The molecule has 8 heteroatoms. The van der Waals surface area contributed by atoms with E-state index >= 15 is 0 Å². The maximum Gasteiger partial charge on any atom is 0.420 e. The number of halogens is 4. The average Bonchev–Trinajstić information content (AvgIpc) is 3.10. The molecule has 0 aliphatic rings. The van der Waals surface area contributed by atoms with E-state index in [1.807, 2.05) is 6.92 Å². The number of rotatable bonds is 3. The average molecular weight is 471 g/mol. The van der Waals surface area contributed by atoms with Crippen molar-refractivity contribution in [2.75, 3.05) is 5.32 Å². The molecule has 3 aromatic rings. The highest BCUT2D eigenvalue weighted by molar-refractivity contribution is 14.1. The van der Waals surface area contributed by atoms with E-state index in [-0.39, 0.29) is 11.4 Å². The van der Waals surface area contributed by atoms with Gasteiger partial charge in [0.1, 0.15) is 5.56 Å². The van der Waals surface area contributed by atoms with Crippen LogP contribution in [0.4, 0.5) is 18.9 Å². The Balaban J connectivity index is 2.03. The number of carbonyl (C=O) groups is 1. The normalized spacial score (nSPS) is 11.4. The largest absolute Gasteiger partial charge is 0.420 e. The van der Waals surface area contributed by atoms with Gasteiger partial charge < -0.3 is 9.88 Å². The van der Waals surface area contributed by atoms with Gasteiger partial charge in [-0.2, -0.15) is 13.2 Å². The van der Waals surface area contributed by atoms with Crippen molar-refractivity contribution in [1.29, 1.82) is 0 Å². The van der Waals surface area contributed by atoms with Crippen molar-refractivity contribution >= 4 is 34.2 Å². The van der Waals surface area contributed by atoms with E-state index < -0.39 is 17.6 Å².